The predicted molar refractivity (Wildman–Crippen MR) is 66.4 cm³/mol. The second-order valence-corrected chi connectivity index (χ2v) is 5.74. The van der Waals surface area contributed by atoms with E-state index in [-0.39, 0.29) is 0 Å². The van der Waals surface area contributed by atoms with E-state index < -0.39 is 17.5 Å². The number of hydrogen-bond acceptors (Lipinski definition) is 3. The summed E-state index contributed by atoms with van der Waals surface area (Å²) in [7, 11) is 0. The third kappa shape index (κ3) is 4.24. The molecule has 0 aromatic carbocycles. The topological polar surface area (TPSA) is 78.4 Å². The molecule has 0 saturated heterocycles. The first-order valence-corrected chi connectivity index (χ1v) is 6.04. The van der Waals surface area contributed by atoms with E-state index in [0.29, 0.717) is 10.9 Å². The van der Waals surface area contributed by atoms with Crippen molar-refractivity contribution in [3.05, 3.63) is 21.3 Å². The van der Waals surface area contributed by atoms with Crippen molar-refractivity contribution in [2.75, 3.05) is 0 Å². The van der Waals surface area contributed by atoms with Crippen molar-refractivity contribution >= 4 is 34.9 Å². The second-order valence-electron chi connectivity index (χ2n) is 3.94. The highest BCUT2D eigenvalue weighted by Gasteiger charge is 2.28. The normalized spacial score (nSPS) is 11.0. The molecule has 0 aliphatic rings. The number of urea groups is 1. The summed E-state index contributed by atoms with van der Waals surface area (Å²) < 4.78 is 0.646. The van der Waals surface area contributed by atoms with E-state index in [2.05, 4.69) is 10.6 Å². The quantitative estimate of drug-likeness (QED) is 0.788. The molecule has 3 N–H and O–H groups in total. The summed E-state index contributed by atoms with van der Waals surface area (Å²) in [5, 5.41) is 13.7. The van der Waals surface area contributed by atoms with Gasteiger partial charge in [-0.15, -0.1) is 11.3 Å². The molecule has 0 bridgehead atoms. The van der Waals surface area contributed by atoms with Gasteiger partial charge in [0, 0.05) is 4.88 Å². The van der Waals surface area contributed by atoms with Crippen LogP contribution in [-0.4, -0.2) is 22.6 Å². The van der Waals surface area contributed by atoms with Crippen molar-refractivity contribution in [3.63, 3.8) is 0 Å². The number of nitrogens with one attached hydrogen (secondary N) is 2. The lowest BCUT2D eigenvalue weighted by atomic mass is 10.1. The number of aliphatic carboxylic acids is 1. The van der Waals surface area contributed by atoms with E-state index in [0.717, 1.165) is 4.88 Å². The van der Waals surface area contributed by atoms with Crippen LogP contribution in [0.2, 0.25) is 4.34 Å². The molecule has 2 amide bonds. The fourth-order valence-electron chi connectivity index (χ4n) is 0.996. The highest BCUT2D eigenvalue weighted by Crippen LogP contribution is 2.20. The fourth-order valence-corrected chi connectivity index (χ4v) is 2.02. The van der Waals surface area contributed by atoms with Gasteiger partial charge in [0.25, 0.3) is 0 Å². The molecule has 0 aliphatic heterocycles. The smallest absolute Gasteiger partial charge is 0.328 e. The lowest BCUT2D eigenvalue weighted by Crippen LogP contribution is -2.52. The maximum atomic E-state index is 11.4. The minimum atomic E-state index is -1.29. The average Bonchev–Trinajstić information content (AvgIpc) is 2.60. The Morgan fingerprint density at radius 3 is 2.59 bits per heavy atom. The van der Waals surface area contributed by atoms with Crippen LogP contribution in [0.1, 0.15) is 18.7 Å². The van der Waals surface area contributed by atoms with E-state index in [1.165, 1.54) is 25.2 Å². The molecule has 7 heteroatoms. The standard InChI is InChI=1S/C10H13ClN2O3S/c1-10(2,8(14)15)13-9(16)12-5-6-3-4-7(11)17-6/h3-4H,5H2,1-2H3,(H,14,15)(H2,12,13,16). The number of halogens is 1. The van der Waals surface area contributed by atoms with E-state index in [1.54, 1.807) is 12.1 Å². The molecule has 1 aromatic heterocycles. The summed E-state index contributed by atoms with van der Waals surface area (Å²) in [6.07, 6.45) is 0. The van der Waals surface area contributed by atoms with Crippen LogP contribution < -0.4 is 10.6 Å². The molecule has 0 unspecified atom stereocenters. The average molecular weight is 277 g/mol. The third-order valence-electron chi connectivity index (χ3n) is 2.01. The second kappa shape index (κ2) is 5.37. The minimum absolute atomic E-state index is 0.318. The predicted octanol–water partition coefficient (Wildman–Crippen LogP) is 2.06. The Balaban J connectivity index is 2.43. The van der Waals surface area contributed by atoms with Gasteiger partial charge in [-0.25, -0.2) is 9.59 Å². The Morgan fingerprint density at radius 1 is 1.47 bits per heavy atom. The highest BCUT2D eigenvalue weighted by molar-refractivity contribution is 7.16. The first kappa shape index (κ1) is 13.8. The lowest BCUT2D eigenvalue weighted by Gasteiger charge is -2.21. The van der Waals surface area contributed by atoms with E-state index >= 15 is 0 Å². The Labute approximate surface area is 108 Å². The molecular formula is C10H13ClN2O3S. The van der Waals surface area contributed by atoms with E-state index in [9.17, 15) is 9.59 Å². The summed E-state index contributed by atoms with van der Waals surface area (Å²) in [6, 6.07) is 3.01. The molecule has 94 valence electrons. The molecule has 5 nitrogen and oxygen atoms in total. The van der Waals surface area contributed by atoms with Gasteiger partial charge in [-0.3, -0.25) is 0 Å². The molecule has 17 heavy (non-hydrogen) atoms. The van der Waals surface area contributed by atoms with Gasteiger partial charge in [0.15, 0.2) is 0 Å². The van der Waals surface area contributed by atoms with Gasteiger partial charge in [0.05, 0.1) is 10.9 Å². The largest absolute Gasteiger partial charge is 0.480 e. The molecule has 0 saturated carbocycles. The number of carbonyl (C=O) groups is 2. The van der Waals surface area contributed by atoms with Crippen molar-refractivity contribution in [1.29, 1.82) is 0 Å². The van der Waals surface area contributed by atoms with E-state index in [1.807, 2.05) is 0 Å². The molecule has 0 aliphatic carbocycles. The number of thiophene rings is 1. The summed E-state index contributed by atoms with van der Waals surface area (Å²) >= 11 is 7.10. The van der Waals surface area contributed by atoms with E-state index in [4.69, 9.17) is 16.7 Å². The minimum Gasteiger partial charge on any atom is -0.480 e. The van der Waals surface area contributed by atoms with Gasteiger partial charge in [-0.2, -0.15) is 0 Å². The molecule has 0 spiro atoms. The van der Waals surface area contributed by atoms with Crippen LogP contribution in [0.15, 0.2) is 12.1 Å². The number of rotatable bonds is 4. The van der Waals surface area contributed by atoms with Gasteiger partial charge in [-0.05, 0) is 26.0 Å². The van der Waals surface area contributed by atoms with Crippen LogP contribution in [0, 0.1) is 0 Å². The van der Waals surface area contributed by atoms with Crippen LogP contribution in [0.4, 0.5) is 4.79 Å². The zero-order valence-corrected chi connectivity index (χ0v) is 11.0. The maximum Gasteiger partial charge on any atom is 0.328 e. The first-order valence-electron chi connectivity index (χ1n) is 4.85. The van der Waals surface area contributed by atoms with Gasteiger partial charge in [0.1, 0.15) is 5.54 Å². The summed E-state index contributed by atoms with van der Waals surface area (Å²) in [6.45, 7) is 3.15. The van der Waals surface area contributed by atoms with Gasteiger partial charge in [-0.1, -0.05) is 11.6 Å². The Morgan fingerprint density at radius 2 is 2.12 bits per heavy atom. The molecule has 1 heterocycles. The number of carboxylic acids is 1. The third-order valence-corrected chi connectivity index (χ3v) is 3.24. The summed E-state index contributed by atoms with van der Waals surface area (Å²) in [4.78, 5) is 23.1. The molecule has 1 aromatic rings. The van der Waals surface area contributed by atoms with Crippen LogP contribution in [0.3, 0.4) is 0 Å². The Kier molecular flexibility index (Phi) is 4.36. The maximum absolute atomic E-state index is 11.4. The van der Waals surface area contributed by atoms with Crippen LogP contribution in [0.5, 0.6) is 0 Å². The number of amides is 2. The molecular weight excluding hydrogens is 264 g/mol. The fraction of sp³-hybridized carbons (Fsp3) is 0.400. The zero-order valence-electron chi connectivity index (χ0n) is 9.41. The van der Waals surface area contributed by atoms with Crippen LogP contribution in [-0.2, 0) is 11.3 Å². The summed E-state index contributed by atoms with van der Waals surface area (Å²) in [5.41, 5.74) is -1.29. The monoisotopic (exact) mass is 276 g/mol. The molecule has 0 atom stereocenters. The van der Waals surface area contributed by atoms with Crippen LogP contribution >= 0.6 is 22.9 Å². The van der Waals surface area contributed by atoms with Crippen molar-refractivity contribution < 1.29 is 14.7 Å². The van der Waals surface area contributed by atoms with Crippen LogP contribution in [0.25, 0.3) is 0 Å². The Hall–Kier alpha value is -1.27. The highest BCUT2D eigenvalue weighted by atomic mass is 35.5. The van der Waals surface area contributed by atoms with Crippen molar-refractivity contribution in [3.8, 4) is 0 Å². The molecule has 1 rings (SSSR count). The Bertz CT molecular complexity index is 431. The van der Waals surface area contributed by atoms with Gasteiger partial charge < -0.3 is 15.7 Å². The van der Waals surface area contributed by atoms with Crippen molar-refractivity contribution in [2.45, 2.75) is 25.9 Å². The number of carboxylic acid groups (broad SMARTS) is 1. The zero-order chi connectivity index (χ0) is 13.1. The van der Waals surface area contributed by atoms with Gasteiger partial charge >= 0.3 is 12.0 Å². The number of hydrogen-bond donors (Lipinski definition) is 3. The molecule has 0 radical (unpaired) electrons. The van der Waals surface area contributed by atoms with Crippen molar-refractivity contribution in [2.24, 2.45) is 0 Å². The molecule has 0 fully saturated rings. The SMILES string of the molecule is CC(C)(NC(=O)NCc1ccc(Cl)s1)C(=O)O. The number of carbonyl (C=O) groups excluding carboxylic acids is 1. The summed E-state index contributed by atoms with van der Waals surface area (Å²) in [5.74, 6) is -1.09. The lowest BCUT2D eigenvalue weighted by molar-refractivity contribution is -0.142. The first-order chi connectivity index (χ1) is 7.81. The van der Waals surface area contributed by atoms with Gasteiger partial charge in [0.2, 0.25) is 0 Å². The van der Waals surface area contributed by atoms with Crippen molar-refractivity contribution in [1.82, 2.24) is 10.6 Å².